The zero-order valence-electron chi connectivity index (χ0n) is 17.2. The average molecular weight is 426 g/mol. The molecule has 1 aromatic carbocycles. The Morgan fingerprint density at radius 2 is 1.97 bits per heavy atom. The average Bonchev–Trinajstić information content (AvgIpc) is 3.37. The molecule has 0 saturated heterocycles. The van der Waals surface area contributed by atoms with Gasteiger partial charge >= 0.3 is 5.97 Å². The van der Waals surface area contributed by atoms with Gasteiger partial charge in [-0.25, -0.2) is 9.78 Å². The zero-order chi connectivity index (χ0) is 21.7. The Kier molecular flexibility index (Phi) is 6.68. The second-order valence-corrected chi connectivity index (χ2v) is 7.28. The lowest BCUT2D eigenvalue weighted by atomic mass is 10.1. The maximum absolute atomic E-state index is 12.6. The molecule has 0 aliphatic heterocycles. The summed E-state index contributed by atoms with van der Waals surface area (Å²) in [4.78, 5) is 29.0. The van der Waals surface area contributed by atoms with Crippen LogP contribution < -0.4 is 9.47 Å². The number of methoxy groups -OCH3 is 2. The van der Waals surface area contributed by atoms with Crippen LogP contribution in [0.25, 0.3) is 11.2 Å². The van der Waals surface area contributed by atoms with Gasteiger partial charge < -0.3 is 14.2 Å². The Labute approximate surface area is 178 Å². The van der Waals surface area contributed by atoms with Crippen LogP contribution in [0.4, 0.5) is 0 Å². The van der Waals surface area contributed by atoms with E-state index < -0.39 is 5.97 Å². The number of carbonyl (C=O) groups excluding carboxylic acids is 2. The highest BCUT2D eigenvalue weighted by Gasteiger charge is 2.18. The van der Waals surface area contributed by atoms with E-state index >= 15 is 0 Å². The van der Waals surface area contributed by atoms with Crippen molar-refractivity contribution in [2.75, 3.05) is 20.8 Å². The largest absolute Gasteiger partial charge is 0.497 e. The van der Waals surface area contributed by atoms with Crippen LogP contribution in [0.5, 0.6) is 11.5 Å². The molecular formula is C22H22N2O5S. The van der Waals surface area contributed by atoms with E-state index in [2.05, 4.69) is 4.98 Å². The predicted molar refractivity (Wildman–Crippen MR) is 115 cm³/mol. The number of benzene rings is 1. The number of ether oxygens (including phenoxy) is 3. The molecule has 2 heterocycles. The normalized spacial score (nSPS) is 10.9. The molecule has 3 aromatic rings. The predicted octanol–water partition coefficient (Wildman–Crippen LogP) is 4.01. The van der Waals surface area contributed by atoms with Crippen LogP contribution in [0.2, 0.25) is 0 Å². The number of hydrogen-bond donors (Lipinski definition) is 0. The molecule has 0 atom stereocenters. The number of Topliss-reactive ketones (excluding diaryl/α,β-unsaturated/α-hetero) is 1. The van der Waals surface area contributed by atoms with Gasteiger partial charge in [-0.05, 0) is 44.2 Å². The van der Waals surface area contributed by atoms with Gasteiger partial charge in [0.25, 0.3) is 0 Å². The quantitative estimate of drug-likeness (QED) is 0.308. The van der Waals surface area contributed by atoms with Crippen LogP contribution >= 0.6 is 11.3 Å². The van der Waals surface area contributed by atoms with Crippen LogP contribution in [-0.4, -0.2) is 42.1 Å². The highest BCUT2D eigenvalue weighted by Crippen LogP contribution is 2.25. The number of aryl methyl sites for hydroxylation is 1. The number of hydrogen-bond acceptors (Lipinski definition) is 7. The Balaban J connectivity index is 1.66. The smallest absolute Gasteiger partial charge is 0.331 e. The minimum absolute atomic E-state index is 0.272. The number of rotatable bonds is 8. The van der Waals surface area contributed by atoms with Gasteiger partial charge in [-0.2, -0.15) is 0 Å². The van der Waals surface area contributed by atoms with E-state index in [9.17, 15) is 9.59 Å². The molecule has 8 heteroatoms. The number of esters is 1. The van der Waals surface area contributed by atoms with Gasteiger partial charge in [-0.15, -0.1) is 11.3 Å². The summed E-state index contributed by atoms with van der Waals surface area (Å²) in [7, 11) is 3.10. The van der Waals surface area contributed by atoms with Gasteiger partial charge in [-0.3, -0.25) is 9.36 Å². The molecule has 30 heavy (non-hydrogen) atoms. The molecule has 0 spiro atoms. The second kappa shape index (κ2) is 9.41. The number of nitrogens with zero attached hydrogens (tertiary/aromatic N) is 2. The minimum atomic E-state index is -0.623. The molecule has 2 aromatic heterocycles. The topological polar surface area (TPSA) is 79.7 Å². The van der Waals surface area contributed by atoms with Gasteiger partial charge in [0.15, 0.2) is 11.7 Å². The number of aromatic nitrogens is 2. The zero-order valence-corrected chi connectivity index (χ0v) is 18.0. The summed E-state index contributed by atoms with van der Waals surface area (Å²) in [5.41, 5.74) is 2.82. The van der Waals surface area contributed by atoms with Gasteiger partial charge in [-0.1, -0.05) is 0 Å². The van der Waals surface area contributed by atoms with Crippen LogP contribution in [-0.2, 0) is 9.53 Å². The third-order valence-electron chi connectivity index (χ3n) is 4.52. The van der Waals surface area contributed by atoms with E-state index in [1.807, 2.05) is 23.8 Å². The molecule has 0 N–H and O–H groups in total. The summed E-state index contributed by atoms with van der Waals surface area (Å²) in [6, 6.07) is 7.02. The minimum Gasteiger partial charge on any atom is -0.497 e. The lowest BCUT2D eigenvalue weighted by molar-refractivity contribution is -0.136. The molecule has 0 radical (unpaired) electrons. The van der Waals surface area contributed by atoms with Crippen molar-refractivity contribution in [2.45, 2.75) is 13.8 Å². The first kappa shape index (κ1) is 21.3. The first-order valence-corrected chi connectivity index (χ1v) is 10.0. The van der Waals surface area contributed by atoms with Crippen LogP contribution in [0, 0.1) is 13.8 Å². The standard InChI is InChI=1S/C22H22N2O5S/c1-14-11-18(15(2)24(14)22-23-9-10-30-22)19(25)13-29-21(26)8-5-16-12-17(27-3)6-7-20(16)28-4/h5-12H,13H2,1-4H3/b8-5+. The first-order valence-electron chi connectivity index (χ1n) is 9.13. The fourth-order valence-electron chi connectivity index (χ4n) is 3.06. The van der Waals surface area contributed by atoms with Crippen molar-refractivity contribution in [3.8, 4) is 16.6 Å². The van der Waals surface area contributed by atoms with E-state index in [4.69, 9.17) is 14.2 Å². The van der Waals surface area contributed by atoms with Crippen molar-refractivity contribution in [3.05, 3.63) is 64.4 Å². The fourth-order valence-corrected chi connectivity index (χ4v) is 3.81. The SMILES string of the molecule is COc1ccc(OC)c(/C=C/C(=O)OCC(=O)c2cc(C)n(-c3nccs3)c2C)c1. The van der Waals surface area contributed by atoms with Gasteiger partial charge in [0, 0.05) is 40.2 Å². The van der Waals surface area contributed by atoms with Crippen molar-refractivity contribution in [2.24, 2.45) is 0 Å². The summed E-state index contributed by atoms with van der Waals surface area (Å²) in [5, 5.41) is 2.66. The molecule has 0 fully saturated rings. The van der Waals surface area contributed by atoms with Crippen LogP contribution in [0.3, 0.4) is 0 Å². The fraction of sp³-hybridized carbons (Fsp3) is 0.227. The summed E-state index contributed by atoms with van der Waals surface area (Å²) >= 11 is 1.48. The van der Waals surface area contributed by atoms with E-state index in [0.717, 1.165) is 16.5 Å². The molecular weight excluding hydrogens is 404 g/mol. The van der Waals surface area contributed by atoms with E-state index in [-0.39, 0.29) is 12.4 Å². The highest BCUT2D eigenvalue weighted by molar-refractivity contribution is 7.12. The van der Waals surface area contributed by atoms with E-state index in [0.29, 0.717) is 22.6 Å². The van der Waals surface area contributed by atoms with Gasteiger partial charge in [0.2, 0.25) is 5.78 Å². The molecule has 0 aliphatic rings. The van der Waals surface area contributed by atoms with Crippen molar-refractivity contribution in [1.29, 1.82) is 0 Å². The number of ketones is 1. The highest BCUT2D eigenvalue weighted by atomic mass is 32.1. The number of carbonyl (C=O) groups is 2. The molecule has 0 amide bonds. The molecule has 3 rings (SSSR count). The lowest BCUT2D eigenvalue weighted by Gasteiger charge is -2.07. The molecule has 0 bridgehead atoms. The monoisotopic (exact) mass is 426 g/mol. The van der Waals surface area contributed by atoms with Crippen LogP contribution in [0.1, 0.15) is 27.3 Å². The van der Waals surface area contributed by atoms with Gasteiger partial charge in [0.1, 0.15) is 11.5 Å². The lowest BCUT2D eigenvalue weighted by Crippen LogP contribution is -2.13. The van der Waals surface area contributed by atoms with E-state index in [1.54, 1.807) is 43.6 Å². The molecule has 156 valence electrons. The maximum atomic E-state index is 12.6. The third-order valence-corrected chi connectivity index (χ3v) is 5.28. The third kappa shape index (κ3) is 4.60. The molecule has 7 nitrogen and oxygen atoms in total. The first-order chi connectivity index (χ1) is 14.4. The van der Waals surface area contributed by atoms with Crippen molar-refractivity contribution < 1.29 is 23.8 Å². The summed E-state index contributed by atoms with van der Waals surface area (Å²) < 4.78 is 17.5. The van der Waals surface area contributed by atoms with Crippen molar-refractivity contribution >= 4 is 29.2 Å². The Morgan fingerprint density at radius 1 is 1.17 bits per heavy atom. The summed E-state index contributed by atoms with van der Waals surface area (Å²) in [6.45, 7) is 3.40. The van der Waals surface area contributed by atoms with Crippen molar-refractivity contribution in [3.63, 3.8) is 0 Å². The van der Waals surface area contributed by atoms with E-state index in [1.165, 1.54) is 24.5 Å². The Morgan fingerprint density at radius 3 is 2.63 bits per heavy atom. The Hall–Kier alpha value is -3.39. The number of thiazole rings is 1. The molecule has 0 unspecified atom stereocenters. The molecule has 0 aliphatic carbocycles. The molecule has 0 saturated carbocycles. The van der Waals surface area contributed by atoms with Crippen molar-refractivity contribution in [1.82, 2.24) is 9.55 Å². The summed E-state index contributed by atoms with van der Waals surface area (Å²) in [6.07, 6.45) is 4.53. The second-order valence-electron chi connectivity index (χ2n) is 6.41. The van der Waals surface area contributed by atoms with Crippen LogP contribution in [0.15, 0.2) is 41.9 Å². The Bertz CT molecular complexity index is 1080. The maximum Gasteiger partial charge on any atom is 0.331 e. The summed E-state index contributed by atoms with van der Waals surface area (Å²) in [5.74, 6) is 0.328. The van der Waals surface area contributed by atoms with Gasteiger partial charge in [0.05, 0.1) is 14.2 Å².